The van der Waals surface area contributed by atoms with Gasteiger partial charge in [0.25, 0.3) is 0 Å². The molecule has 0 nitrogen and oxygen atoms in total. The topological polar surface area (TPSA) is 0 Å². The molecule has 4 aliphatic rings. The lowest BCUT2D eigenvalue weighted by molar-refractivity contribution is -0.0160. The summed E-state index contributed by atoms with van der Waals surface area (Å²) in [4.78, 5) is 0. The smallest absolute Gasteiger partial charge is 0.134 e. The number of alkyl halides is 4. The molecule has 31 heavy (non-hydrogen) atoms. The van der Waals surface area contributed by atoms with Gasteiger partial charge in [-0.05, 0) is 86.4 Å². The van der Waals surface area contributed by atoms with Gasteiger partial charge in [0.2, 0.25) is 0 Å². The summed E-state index contributed by atoms with van der Waals surface area (Å²) in [6, 6.07) is 0. The third-order valence-electron chi connectivity index (χ3n) is 9.94. The van der Waals surface area contributed by atoms with Gasteiger partial charge in [-0.2, -0.15) is 0 Å². The molecule has 8 atom stereocenters. The van der Waals surface area contributed by atoms with Gasteiger partial charge in [0.05, 0.1) is 0 Å². The average molecular weight is 445 g/mol. The maximum atomic E-state index is 15.0. The first kappa shape index (κ1) is 23.9. The Kier molecular flexibility index (Phi) is 8.29. The lowest BCUT2D eigenvalue weighted by atomic mass is 9.66. The van der Waals surface area contributed by atoms with Crippen molar-refractivity contribution in [3.05, 3.63) is 0 Å². The fraction of sp³-hybridized carbons (Fsp3) is 1.00. The zero-order valence-electron chi connectivity index (χ0n) is 19.5. The summed E-state index contributed by atoms with van der Waals surface area (Å²) in [5.74, 6) is 0.854. The summed E-state index contributed by atoms with van der Waals surface area (Å²) < 4.78 is 58.6. The van der Waals surface area contributed by atoms with Crippen molar-refractivity contribution < 1.29 is 17.6 Å². The van der Waals surface area contributed by atoms with Crippen LogP contribution in [0.3, 0.4) is 0 Å². The molecule has 0 amide bonds. The third-order valence-corrected chi connectivity index (χ3v) is 9.94. The van der Waals surface area contributed by atoms with E-state index in [1.807, 2.05) is 6.92 Å². The zero-order valence-corrected chi connectivity index (χ0v) is 19.5. The zero-order chi connectivity index (χ0) is 22.0. The molecule has 4 fully saturated rings. The molecule has 0 radical (unpaired) electrons. The molecular weight excluding hydrogens is 400 g/mol. The Balaban J connectivity index is 1.19. The van der Waals surface area contributed by atoms with Crippen LogP contribution < -0.4 is 0 Å². The largest absolute Gasteiger partial charge is 0.244 e. The van der Waals surface area contributed by atoms with E-state index in [-0.39, 0.29) is 23.7 Å². The second kappa shape index (κ2) is 10.8. The molecule has 4 aliphatic carbocycles. The highest BCUT2D eigenvalue weighted by Crippen LogP contribution is 2.47. The minimum atomic E-state index is -1.30. The quantitative estimate of drug-likeness (QED) is 0.372. The molecule has 4 rings (SSSR count). The van der Waals surface area contributed by atoms with Gasteiger partial charge in [-0.25, -0.2) is 17.6 Å². The Morgan fingerprint density at radius 2 is 1.10 bits per heavy atom. The van der Waals surface area contributed by atoms with Gasteiger partial charge < -0.3 is 0 Å². The molecule has 4 heteroatoms. The van der Waals surface area contributed by atoms with Crippen LogP contribution in [0, 0.1) is 41.4 Å². The molecular formula is C27H44F4. The van der Waals surface area contributed by atoms with Gasteiger partial charge in [-0.15, -0.1) is 0 Å². The van der Waals surface area contributed by atoms with Crippen LogP contribution >= 0.6 is 0 Å². The summed E-state index contributed by atoms with van der Waals surface area (Å²) in [6.45, 7) is 1.83. The molecule has 180 valence electrons. The first-order valence-corrected chi connectivity index (χ1v) is 13.5. The minimum absolute atomic E-state index is 0.0480. The second-order valence-electron chi connectivity index (χ2n) is 11.8. The first-order chi connectivity index (χ1) is 15.0. The van der Waals surface area contributed by atoms with Gasteiger partial charge in [0.1, 0.15) is 24.7 Å². The molecule has 4 saturated carbocycles. The Morgan fingerprint density at radius 1 is 0.516 bits per heavy atom. The van der Waals surface area contributed by atoms with E-state index < -0.39 is 24.7 Å². The number of rotatable bonds is 5. The normalized spacial score (nSPS) is 47.9. The summed E-state index contributed by atoms with van der Waals surface area (Å²) in [5.41, 5.74) is 0. The molecule has 0 saturated heterocycles. The van der Waals surface area contributed by atoms with Crippen molar-refractivity contribution in [2.24, 2.45) is 41.4 Å². The Hall–Kier alpha value is -0.280. The van der Waals surface area contributed by atoms with Gasteiger partial charge in [-0.3, -0.25) is 0 Å². The van der Waals surface area contributed by atoms with E-state index in [1.54, 1.807) is 0 Å². The Labute approximate surface area is 187 Å². The standard InChI is InChI=1S/C27H44F4/c1-17-7-15-22(26(30)24(17)28)20-11-8-18(9-12-20)10-13-21-14-16-23(27(31)25(21)29)19-5-3-2-4-6-19/h17-27H,2-16H2,1H3. The van der Waals surface area contributed by atoms with Crippen molar-refractivity contribution in [3.8, 4) is 0 Å². The van der Waals surface area contributed by atoms with Crippen LogP contribution in [0.1, 0.15) is 103 Å². The fourth-order valence-electron chi connectivity index (χ4n) is 7.76. The van der Waals surface area contributed by atoms with Gasteiger partial charge >= 0.3 is 0 Å². The van der Waals surface area contributed by atoms with Crippen LogP contribution in [0.25, 0.3) is 0 Å². The van der Waals surface area contributed by atoms with E-state index in [0.717, 1.165) is 77.0 Å². The van der Waals surface area contributed by atoms with Crippen LogP contribution in [0.5, 0.6) is 0 Å². The molecule has 8 unspecified atom stereocenters. The number of halogens is 4. The lowest BCUT2D eigenvalue weighted by Crippen LogP contribution is -2.42. The van der Waals surface area contributed by atoms with Gasteiger partial charge in [-0.1, -0.05) is 58.3 Å². The molecule has 0 aromatic rings. The summed E-state index contributed by atoms with van der Waals surface area (Å²) in [5, 5.41) is 0. The van der Waals surface area contributed by atoms with Gasteiger partial charge in [0, 0.05) is 0 Å². The predicted octanol–water partition coefficient (Wildman–Crippen LogP) is 8.58. The highest BCUT2D eigenvalue weighted by Gasteiger charge is 2.44. The van der Waals surface area contributed by atoms with Gasteiger partial charge in [0.15, 0.2) is 0 Å². The highest BCUT2D eigenvalue weighted by molar-refractivity contribution is 4.93. The van der Waals surface area contributed by atoms with Crippen LogP contribution in [-0.4, -0.2) is 24.7 Å². The Bertz CT molecular complexity index is 539. The van der Waals surface area contributed by atoms with E-state index in [2.05, 4.69) is 0 Å². The minimum Gasteiger partial charge on any atom is -0.244 e. The van der Waals surface area contributed by atoms with Crippen molar-refractivity contribution in [1.29, 1.82) is 0 Å². The monoisotopic (exact) mass is 444 g/mol. The highest BCUT2D eigenvalue weighted by atomic mass is 19.2. The first-order valence-electron chi connectivity index (χ1n) is 13.5. The predicted molar refractivity (Wildman–Crippen MR) is 119 cm³/mol. The van der Waals surface area contributed by atoms with E-state index >= 15 is 0 Å². The van der Waals surface area contributed by atoms with Crippen LogP contribution in [0.2, 0.25) is 0 Å². The van der Waals surface area contributed by atoms with Crippen molar-refractivity contribution in [3.63, 3.8) is 0 Å². The SMILES string of the molecule is CC1CCC(C2CCC(CCC3CCC(C4CCCCC4)C(F)C3F)CC2)C(F)C1F. The maximum absolute atomic E-state index is 15.0. The molecule has 0 bridgehead atoms. The lowest BCUT2D eigenvalue weighted by Gasteiger charge is -2.42. The van der Waals surface area contributed by atoms with E-state index in [1.165, 1.54) is 19.3 Å². The summed E-state index contributed by atoms with van der Waals surface area (Å²) in [7, 11) is 0. The fourth-order valence-corrected chi connectivity index (χ4v) is 7.76. The molecule has 0 spiro atoms. The molecule has 0 heterocycles. The van der Waals surface area contributed by atoms with E-state index in [9.17, 15) is 17.6 Å². The molecule has 0 aromatic heterocycles. The molecule has 0 aliphatic heterocycles. The van der Waals surface area contributed by atoms with Crippen LogP contribution in [0.15, 0.2) is 0 Å². The van der Waals surface area contributed by atoms with E-state index in [0.29, 0.717) is 17.8 Å². The summed E-state index contributed by atoms with van der Waals surface area (Å²) >= 11 is 0. The average Bonchev–Trinajstić information content (AvgIpc) is 2.80. The maximum Gasteiger partial charge on any atom is 0.134 e. The molecule has 0 N–H and O–H groups in total. The van der Waals surface area contributed by atoms with E-state index in [4.69, 9.17) is 0 Å². The molecule has 0 aromatic carbocycles. The second-order valence-corrected chi connectivity index (χ2v) is 11.8. The van der Waals surface area contributed by atoms with Crippen molar-refractivity contribution in [2.75, 3.05) is 0 Å². The van der Waals surface area contributed by atoms with Crippen LogP contribution in [-0.2, 0) is 0 Å². The summed E-state index contributed by atoms with van der Waals surface area (Å²) in [6.07, 6.45) is 9.86. The third kappa shape index (κ3) is 5.45. The van der Waals surface area contributed by atoms with Crippen LogP contribution in [0.4, 0.5) is 17.6 Å². The number of hydrogen-bond acceptors (Lipinski definition) is 0. The number of hydrogen-bond donors (Lipinski definition) is 0. The van der Waals surface area contributed by atoms with Crippen molar-refractivity contribution in [1.82, 2.24) is 0 Å². The van der Waals surface area contributed by atoms with Crippen molar-refractivity contribution >= 4 is 0 Å². The Morgan fingerprint density at radius 3 is 1.77 bits per heavy atom. The van der Waals surface area contributed by atoms with Crippen molar-refractivity contribution in [2.45, 2.75) is 128 Å².